The predicted molar refractivity (Wildman–Crippen MR) is 224 cm³/mol. The Bertz CT molecular complexity index is 2290. The molecule has 0 unspecified atom stereocenters. The Hall–Kier alpha value is -4.06. The number of benzene rings is 2. The predicted octanol–water partition coefficient (Wildman–Crippen LogP) is 13.7. The second-order valence-electron chi connectivity index (χ2n) is 16.9. The molecule has 4 heterocycles. The quantitative estimate of drug-likeness (QED) is 0.0791. The number of pyridine rings is 2. The van der Waals surface area contributed by atoms with Crippen molar-refractivity contribution < 1.29 is 38.8 Å². The number of aromatic nitrogens is 2. The first-order chi connectivity index (χ1) is 25.5. The fourth-order valence-corrected chi connectivity index (χ4v) is 6.96. The molecule has 0 atom stereocenters. The summed E-state index contributed by atoms with van der Waals surface area (Å²) in [6.07, 6.45) is 11.3. The van der Waals surface area contributed by atoms with Gasteiger partial charge in [0.1, 0.15) is 11.3 Å². The molecule has 0 amide bonds. The van der Waals surface area contributed by atoms with Crippen LogP contribution in [0.25, 0.3) is 55.4 Å². The van der Waals surface area contributed by atoms with Crippen LogP contribution in [0.5, 0.6) is 0 Å². The van der Waals surface area contributed by atoms with Gasteiger partial charge < -0.3 is 13.9 Å². The summed E-state index contributed by atoms with van der Waals surface area (Å²) < 4.78 is 11.9. The third-order valence-corrected chi connectivity index (χ3v) is 11.6. The number of rotatable bonds is 11. The van der Waals surface area contributed by atoms with Crippen molar-refractivity contribution >= 4 is 38.8 Å². The largest absolute Gasteiger partial charge is 0.512 e. The summed E-state index contributed by atoms with van der Waals surface area (Å²) in [4.78, 5) is 21.7. The Morgan fingerprint density at radius 3 is 2.18 bits per heavy atom. The van der Waals surface area contributed by atoms with Gasteiger partial charge >= 0.3 is 0 Å². The third-order valence-electron chi connectivity index (χ3n) is 11.6. The van der Waals surface area contributed by atoms with Gasteiger partial charge in [0.2, 0.25) is 5.71 Å². The summed E-state index contributed by atoms with van der Waals surface area (Å²) in [5, 5.41) is 13.4. The first-order valence-corrected chi connectivity index (χ1v) is 19.6. The van der Waals surface area contributed by atoms with Crippen molar-refractivity contribution in [1.82, 2.24) is 9.97 Å². The third kappa shape index (κ3) is 9.16. The number of aliphatic hydroxyl groups is 1. The van der Waals surface area contributed by atoms with Crippen LogP contribution in [0.15, 0.2) is 81.9 Å². The van der Waals surface area contributed by atoms with E-state index in [1.54, 1.807) is 6.26 Å². The SMILES string of the molecule is CCC(C)(CC)C(=O)/C=C(\O)C(C)(CC)CC.Cc1coc2nc(-c3[c-]c4ncccc4c(C(C)(C)C)c3)cc(-c3ccc4c(CC(C)C)coc4c3)c12.[Ir]. The van der Waals surface area contributed by atoms with E-state index in [1.165, 1.54) is 22.6 Å². The van der Waals surface area contributed by atoms with Gasteiger partial charge in [-0.1, -0.05) is 112 Å². The summed E-state index contributed by atoms with van der Waals surface area (Å²) in [5.41, 5.74) is 9.11. The van der Waals surface area contributed by atoms with Gasteiger partial charge in [-0.3, -0.25) is 14.8 Å². The van der Waals surface area contributed by atoms with Gasteiger partial charge in [0.15, 0.2) is 5.78 Å². The van der Waals surface area contributed by atoms with Gasteiger partial charge in [0, 0.05) is 54.0 Å². The molecule has 0 spiro atoms. The minimum Gasteiger partial charge on any atom is -0.512 e. The number of allylic oxidation sites excluding steroid dienone is 2. The first-order valence-electron chi connectivity index (χ1n) is 19.6. The Kier molecular flexibility index (Phi) is 13.8. The van der Waals surface area contributed by atoms with Crippen LogP contribution < -0.4 is 0 Å². The van der Waals surface area contributed by atoms with E-state index in [-0.39, 0.29) is 47.9 Å². The summed E-state index contributed by atoms with van der Waals surface area (Å²) in [7, 11) is 0. The fraction of sp³-hybridized carbons (Fsp3) is 0.438. The molecule has 6 rings (SSSR count). The number of aryl methyl sites for hydroxylation is 1. The van der Waals surface area contributed by atoms with Crippen molar-refractivity contribution in [3.05, 3.63) is 95.8 Å². The van der Waals surface area contributed by atoms with E-state index in [4.69, 9.17) is 13.8 Å². The summed E-state index contributed by atoms with van der Waals surface area (Å²) in [6, 6.07) is 18.5. The van der Waals surface area contributed by atoms with Crippen molar-refractivity contribution in [1.29, 1.82) is 0 Å². The molecule has 0 saturated carbocycles. The zero-order valence-corrected chi connectivity index (χ0v) is 37.3. The molecule has 0 aliphatic carbocycles. The number of hydrogen-bond acceptors (Lipinski definition) is 6. The molecule has 6 nitrogen and oxygen atoms in total. The molecule has 2 aromatic carbocycles. The molecule has 0 bridgehead atoms. The second kappa shape index (κ2) is 17.4. The average Bonchev–Trinajstić information content (AvgIpc) is 3.74. The van der Waals surface area contributed by atoms with Crippen molar-refractivity contribution in [2.24, 2.45) is 16.7 Å². The number of carbonyl (C=O) groups excluding carboxylic acids is 1. The van der Waals surface area contributed by atoms with Gasteiger partial charge in [-0.15, -0.1) is 23.3 Å². The molecule has 4 aromatic heterocycles. The van der Waals surface area contributed by atoms with Crippen LogP contribution in [0, 0.1) is 29.7 Å². The smallest absolute Gasteiger partial charge is 0.217 e. The number of fused-ring (bicyclic) bond motifs is 3. The maximum absolute atomic E-state index is 12.2. The molecule has 55 heavy (non-hydrogen) atoms. The maximum Gasteiger partial charge on any atom is 0.217 e. The Labute approximate surface area is 341 Å². The molecular weight excluding hydrogens is 861 g/mol. The van der Waals surface area contributed by atoms with Crippen LogP contribution in [0.1, 0.15) is 119 Å². The number of hydrogen-bond donors (Lipinski definition) is 1. The van der Waals surface area contributed by atoms with E-state index >= 15 is 0 Å². The number of nitrogens with zero attached hydrogens (tertiary/aromatic N) is 2. The minimum atomic E-state index is -0.337. The van der Waals surface area contributed by atoms with Crippen LogP contribution in [0.2, 0.25) is 0 Å². The monoisotopic (exact) mass is 920 g/mol. The summed E-state index contributed by atoms with van der Waals surface area (Å²) in [5.74, 6) is 0.857. The molecule has 0 fully saturated rings. The molecule has 1 N–H and O–H groups in total. The van der Waals surface area contributed by atoms with Crippen LogP contribution >= 0.6 is 0 Å². The van der Waals surface area contributed by atoms with Crippen molar-refractivity contribution in [2.75, 3.05) is 0 Å². The van der Waals surface area contributed by atoms with Gasteiger partial charge in [-0.2, -0.15) is 0 Å². The molecular formula is C48H59IrN2O4-. The van der Waals surface area contributed by atoms with E-state index < -0.39 is 0 Å². The number of ketones is 1. The molecule has 7 heteroatoms. The van der Waals surface area contributed by atoms with Gasteiger partial charge in [-0.25, -0.2) is 0 Å². The van der Waals surface area contributed by atoms with Crippen molar-refractivity contribution in [3.8, 4) is 22.4 Å². The fourth-order valence-electron chi connectivity index (χ4n) is 6.96. The van der Waals surface area contributed by atoms with Crippen LogP contribution in [0.4, 0.5) is 0 Å². The zero-order valence-electron chi connectivity index (χ0n) is 34.9. The van der Waals surface area contributed by atoms with Crippen LogP contribution in [-0.2, 0) is 36.7 Å². The van der Waals surface area contributed by atoms with Crippen LogP contribution in [0.3, 0.4) is 0 Å². The van der Waals surface area contributed by atoms with Crippen molar-refractivity contribution in [3.63, 3.8) is 0 Å². The molecule has 0 saturated heterocycles. The molecule has 0 aliphatic heterocycles. The van der Waals surface area contributed by atoms with Gasteiger partial charge in [0.05, 0.1) is 12.5 Å². The normalized spacial score (nSPS) is 12.6. The topological polar surface area (TPSA) is 89.4 Å². The van der Waals surface area contributed by atoms with Crippen molar-refractivity contribution in [2.45, 2.75) is 121 Å². The Morgan fingerprint density at radius 2 is 1.56 bits per heavy atom. The molecule has 1 radical (unpaired) electrons. The van der Waals surface area contributed by atoms with E-state index in [1.807, 2.05) is 60.1 Å². The van der Waals surface area contributed by atoms with E-state index in [2.05, 4.69) is 89.0 Å². The molecule has 0 aliphatic rings. The molecule has 6 aromatic rings. The van der Waals surface area contributed by atoms with Crippen LogP contribution in [-0.4, -0.2) is 20.9 Å². The number of furan rings is 2. The zero-order chi connectivity index (χ0) is 39.6. The Balaban J connectivity index is 0.000000320. The first kappa shape index (κ1) is 43.7. The number of carbonyl (C=O) groups is 1. The van der Waals surface area contributed by atoms with E-state index in [0.717, 1.165) is 81.9 Å². The summed E-state index contributed by atoms with van der Waals surface area (Å²) >= 11 is 0. The second-order valence-corrected chi connectivity index (χ2v) is 16.9. The van der Waals surface area contributed by atoms with E-state index in [9.17, 15) is 9.90 Å². The maximum atomic E-state index is 12.2. The number of aliphatic hydroxyl groups excluding tert-OH is 1. The van der Waals surface area contributed by atoms with Gasteiger partial charge in [-0.05, 0) is 89.9 Å². The minimum absolute atomic E-state index is 0. The molecule has 295 valence electrons. The summed E-state index contributed by atoms with van der Waals surface area (Å²) in [6.45, 7) is 25.3. The van der Waals surface area contributed by atoms with Gasteiger partial charge in [0.25, 0.3) is 0 Å². The average molecular weight is 920 g/mol. The van der Waals surface area contributed by atoms with E-state index in [0.29, 0.717) is 11.6 Å². The Morgan fingerprint density at radius 1 is 0.891 bits per heavy atom. The standard InChI is InChI=1S/C33H31N2O2.C15H28O2.Ir/c1-19(2)12-23-18-36-30-15-21(9-10-24(23)30)26-16-28(35-32-31(26)20(3)17-37-32)22-13-27(33(4,5)6)25-8-7-11-34-29(25)14-22;1-7-14(5,8-2)12(16)11-13(17)15(6,9-3)10-4;/h7-11,13,15-19H,12H2,1-6H3;11,16H,7-10H2,1-6H3;/q-1;;/b;12-11-;.